The van der Waals surface area contributed by atoms with Gasteiger partial charge in [-0.3, -0.25) is 4.90 Å². The molecule has 0 spiro atoms. The molecule has 0 aliphatic carbocycles. The molecule has 2 rings (SSSR count). The van der Waals surface area contributed by atoms with Crippen molar-refractivity contribution >= 4 is 0 Å². The van der Waals surface area contributed by atoms with Gasteiger partial charge in [0.2, 0.25) is 0 Å². The van der Waals surface area contributed by atoms with Crippen LogP contribution in [0.4, 0.5) is 0 Å². The highest BCUT2D eigenvalue weighted by atomic mass is 16.5. The fourth-order valence-electron chi connectivity index (χ4n) is 3.50. The van der Waals surface area contributed by atoms with Gasteiger partial charge in [0.05, 0.1) is 19.3 Å². The van der Waals surface area contributed by atoms with Crippen molar-refractivity contribution in [2.75, 3.05) is 40.0 Å². The Morgan fingerprint density at radius 1 is 0.844 bits per heavy atom. The van der Waals surface area contributed by atoms with Crippen LogP contribution in [-0.4, -0.2) is 61.2 Å². The molecular weight excluding hydrogens is 402 g/mol. The fourth-order valence-corrected chi connectivity index (χ4v) is 3.50. The van der Waals surface area contributed by atoms with E-state index in [0.29, 0.717) is 13.2 Å². The predicted octanol–water partition coefficient (Wildman–Crippen LogP) is 4.49. The summed E-state index contributed by atoms with van der Waals surface area (Å²) in [5, 5.41) is 18.8. The second-order valence-electron chi connectivity index (χ2n) is 9.25. The van der Waals surface area contributed by atoms with Crippen molar-refractivity contribution in [3.63, 3.8) is 0 Å². The van der Waals surface area contributed by atoms with E-state index in [9.17, 15) is 5.11 Å². The highest BCUT2D eigenvalue weighted by Crippen LogP contribution is 2.33. The van der Waals surface area contributed by atoms with E-state index in [4.69, 9.17) is 14.6 Å². The predicted molar refractivity (Wildman–Crippen MR) is 131 cm³/mol. The smallest absolute Gasteiger partial charge is 0.119 e. The monoisotopic (exact) mass is 443 g/mol. The first-order valence-corrected chi connectivity index (χ1v) is 11.7. The average Bonchev–Trinajstić information content (AvgIpc) is 2.82. The Labute approximate surface area is 194 Å². The second-order valence-corrected chi connectivity index (χ2v) is 9.25. The summed E-state index contributed by atoms with van der Waals surface area (Å²) >= 11 is 0. The molecule has 2 N–H and O–H groups in total. The van der Waals surface area contributed by atoms with Gasteiger partial charge in [-0.1, -0.05) is 58.4 Å². The highest BCUT2D eigenvalue weighted by Gasteiger charge is 2.23. The molecule has 2 aromatic rings. The van der Waals surface area contributed by atoms with Gasteiger partial charge < -0.3 is 19.7 Å². The van der Waals surface area contributed by atoms with Crippen molar-refractivity contribution in [1.82, 2.24) is 4.90 Å². The standard InChI is InChI=1S/C27H41NO4/c1-6-7-16-28(5)24(18-30)20-32-26-14-10-23(11-15-26)27(3,4)22-8-12-25(13-9-22)31-19-21(2)17-29/h8-15,21,24,29-30H,6-7,16-20H2,1-5H3. The average molecular weight is 444 g/mol. The first-order chi connectivity index (χ1) is 15.3. The van der Waals surface area contributed by atoms with Gasteiger partial charge in [0.1, 0.15) is 18.1 Å². The number of unbranched alkanes of at least 4 members (excludes halogenated alkanes) is 1. The van der Waals surface area contributed by atoms with Crippen LogP contribution in [0.1, 0.15) is 51.7 Å². The number of aliphatic hydroxyl groups is 2. The lowest BCUT2D eigenvalue weighted by molar-refractivity contribution is 0.1000. The van der Waals surface area contributed by atoms with Crippen LogP contribution < -0.4 is 9.47 Å². The summed E-state index contributed by atoms with van der Waals surface area (Å²) < 4.78 is 11.7. The largest absolute Gasteiger partial charge is 0.493 e. The lowest BCUT2D eigenvalue weighted by atomic mass is 9.78. The third-order valence-electron chi connectivity index (χ3n) is 6.14. The molecule has 0 fully saturated rings. The Morgan fingerprint density at radius 2 is 1.34 bits per heavy atom. The van der Waals surface area contributed by atoms with E-state index in [1.807, 2.05) is 38.2 Å². The van der Waals surface area contributed by atoms with E-state index >= 15 is 0 Å². The molecule has 0 saturated carbocycles. The van der Waals surface area contributed by atoms with Gasteiger partial charge in [-0.25, -0.2) is 0 Å². The summed E-state index contributed by atoms with van der Waals surface area (Å²) in [6, 6.07) is 16.4. The Bertz CT molecular complexity index is 773. The van der Waals surface area contributed by atoms with Gasteiger partial charge in [-0.15, -0.1) is 0 Å². The van der Waals surface area contributed by atoms with Crippen LogP contribution in [0, 0.1) is 5.92 Å². The summed E-state index contributed by atoms with van der Waals surface area (Å²) in [5.41, 5.74) is 2.24. The summed E-state index contributed by atoms with van der Waals surface area (Å²) in [6.45, 7) is 10.7. The molecule has 2 atom stereocenters. The Balaban J connectivity index is 1.98. The van der Waals surface area contributed by atoms with Crippen LogP contribution >= 0.6 is 0 Å². The topological polar surface area (TPSA) is 62.2 Å². The maximum absolute atomic E-state index is 9.70. The minimum Gasteiger partial charge on any atom is -0.493 e. The van der Waals surface area contributed by atoms with Gasteiger partial charge in [-0.05, 0) is 55.4 Å². The molecule has 0 radical (unpaired) electrons. The summed E-state index contributed by atoms with van der Waals surface area (Å²) in [5.74, 6) is 1.75. The summed E-state index contributed by atoms with van der Waals surface area (Å²) in [4.78, 5) is 2.17. The minimum absolute atomic E-state index is 0.00114. The van der Waals surface area contributed by atoms with Gasteiger partial charge in [0, 0.05) is 17.9 Å². The maximum Gasteiger partial charge on any atom is 0.119 e. The molecular formula is C27H41NO4. The molecule has 32 heavy (non-hydrogen) atoms. The lowest BCUT2D eigenvalue weighted by Gasteiger charge is -2.27. The summed E-state index contributed by atoms with van der Waals surface area (Å²) in [6.07, 6.45) is 2.25. The van der Waals surface area contributed by atoms with Crippen LogP contribution in [0.15, 0.2) is 48.5 Å². The van der Waals surface area contributed by atoms with Crippen molar-refractivity contribution in [1.29, 1.82) is 0 Å². The molecule has 5 nitrogen and oxygen atoms in total. The number of aliphatic hydroxyl groups excluding tert-OH is 2. The van der Waals surface area contributed by atoms with Crippen molar-refractivity contribution in [3.05, 3.63) is 59.7 Å². The van der Waals surface area contributed by atoms with Crippen molar-refractivity contribution in [2.45, 2.75) is 52.0 Å². The molecule has 0 amide bonds. The molecule has 5 heteroatoms. The van der Waals surface area contributed by atoms with E-state index in [-0.39, 0.29) is 30.6 Å². The number of hydrogen-bond acceptors (Lipinski definition) is 5. The van der Waals surface area contributed by atoms with Crippen molar-refractivity contribution < 1.29 is 19.7 Å². The Kier molecular flexibility index (Phi) is 10.5. The molecule has 178 valence electrons. The molecule has 0 aromatic heterocycles. The van der Waals surface area contributed by atoms with E-state index in [0.717, 1.165) is 30.9 Å². The quantitative estimate of drug-likeness (QED) is 0.450. The van der Waals surface area contributed by atoms with Crippen LogP contribution in [0.2, 0.25) is 0 Å². The second kappa shape index (κ2) is 12.8. The number of rotatable bonds is 14. The van der Waals surface area contributed by atoms with Gasteiger partial charge in [0.15, 0.2) is 0 Å². The number of ether oxygens (including phenoxy) is 2. The zero-order chi connectivity index (χ0) is 23.6. The number of likely N-dealkylation sites (N-methyl/N-ethyl adjacent to an activating group) is 1. The highest BCUT2D eigenvalue weighted by molar-refractivity contribution is 5.41. The molecule has 0 heterocycles. The van der Waals surface area contributed by atoms with Crippen LogP contribution in [0.25, 0.3) is 0 Å². The van der Waals surface area contributed by atoms with Crippen LogP contribution in [0.3, 0.4) is 0 Å². The SMILES string of the molecule is CCCCN(C)C(CO)COc1ccc(C(C)(C)c2ccc(OCC(C)CO)cc2)cc1. The maximum atomic E-state index is 9.70. The van der Waals surface area contributed by atoms with Gasteiger partial charge in [-0.2, -0.15) is 0 Å². The molecule has 2 aromatic carbocycles. The van der Waals surface area contributed by atoms with Gasteiger partial charge in [0.25, 0.3) is 0 Å². The first kappa shape index (κ1) is 26.2. The minimum atomic E-state index is -0.163. The van der Waals surface area contributed by atoms with Gasteiger partial charge >= 0.3 is 0 Å². The zero-order valence-corrected chi connectivity index (χ0v) is 20.4. The Morgan fingerprint density at radius 3 is 1.78 bits per heavy atom. The van der Waals surface area contributed by atoms with Crippen LogP contribution in [-0.2, 0) is 5.41 Å². The van der Waals surface area contributed by atoms with E-state index in [1.54, 1.807) is 0 Å². The van der Waals surface area contributed by atoms with Crippen molar-refractivity contribution in [3.8, 4) is 11.5 Å². The number of nitrogens with zero attached hydrogens (tertiary/aromatic N) is 1. The zero-order valence-electron chi connectivity index (χ0n) is 20.4. The molecule has 0 aliphatic rings. The fraction of sp³-hybridized carbons (Fsp3) is 0.556. The number of hydrogen-bond donors (Lipinski definition) is 2. The van der Waals surface area contributed by atoms with E-state index in [1.165, 1.54) is 11.1 Å². The first-order valence-electron chi connectivity index (χ1n) is 11.7. The summed E-state index contributed by atoms with van der Waals surface area (Å²) in [7, 11) is 2.04. The molecule has 0 saturated heterocycles. The normalized spacial score (nSPS) is 13.8. The van der Waals surface area contributed by atoms with Crippen molar-refractivity contribution in [2.24, 2.45) is 5.92 Å². The van der Waals surface area contributed by atoms with E-state index < -0.39 is 0 Å². The lowest BCUT2D eigenvalue weighted by Crippen LogP contribution is -2.40. The molecule has 0 aliphatic heterocycles. The Hall–Kier alpha value is -2.08. The molecule has 0 bridgehead atoms. The third kappa shape index (κ3) is 7.51. The molecule has 2 unspecified atom stereocenters. The van der Waals surface area contributed by atoms with Crippen LogP contribution in [0.5, 0.6) is 11.5 Å². The van der Waals surface area contributed by atoms with E-state index in [2.05, 4.69) is 49.9 Å². The number of benzene rings is 2. The third-order valence-corrected chi connectivity index (χ3v) is 6.14.